The molecule has 4 nitrogen and oxygen atoms in total. The Morgan fingerprint density at radius 3 is 2.59 bits per heavy atom. The van der Waals surface area contributed by atoms with Crippen LogP contribution in [0, 0.1) is 0 Å². The highest BCUT2D eigenvalue weighted by Crippen LogP contribution is 2.34. The van der Waals surface area contributed by atoms with Crippen LogP contribution in [0.15, 0.2) is 24.3 Å². The van der Waals surface area contributed by atoms with E-state index in [4.69, 9.17) is 0 Å². The van der Waals surface area contributed by atoms with Crippen LogP contribution in [-0.2, 0) is 14.3 Å². The molecule has 0 radical (unpaired) electrons. The van der Waals surface area contributed by atoms with Crippen LogP contribution in [0.3, 0.4) is 0 Å². The van der Waals surface area contributed by atoms with E-state index in [9.17, 15) is 18.4 Å². The SMILES string of the molecule is O=C1CC(c2ccccc2OC(F)F)C(=O)O1. The van der Waals surface area contributed by atoms with Crippen molar-refractivity contribution in [2.45, 2.75) is 19.0 Å². The summed E-state index contributed by atoms with van der Waals surface area (Å²) in [6.45, 7) is -2.98. The van der Waals surface area contributed by atoms with Crippen molar-refractivity contribution >= 4 is 11.9 Å². The number of para-hydroxylation sites is 1. The lowest BCUT2D eigenvalue weighted by Crippen LogP contribution is -2.10. The number of cyclic esters (lactones) is 2. The summed E-state index contributed by atoms with van der Waals surface area (Å²) in [5.74, 6) is -2.37. The lowest BCUT2D eigenvalue weighted by Gasteiger charge is -2.12. The first-order valence-corrected chi connectivity index (χ1v) is 4.86. The summed E-state index contributed by atoms with van der Waals surface area (Å²) in [5, 5.41) is 0. The van der Waals surface area contributed by atoms with E-state index in [2.05, 4.69) is 9.47 Å². The van der Waals surface area contributed by atoms with Crippen molar-refractivity contribution in [1.82, 2.24) is 0 Å². The molecule has 90 valence electrons. The van der Waals surface area contributed by atoms with Crippen LogP contribution in [-0.4, -0.2) is 18.6 Å². The molecule has 1 unspecified atom stereocenters. The number of rotatable bonds is 3. The fourth-order valence-corrected chi connectivity index (χ4v) is 1.68. The van der Waals surface area contributed by atoms with Crippen molar-refractivity contribution in [2.24, 2.45) is 0 Å². The van der Waals surface area contributed by atoms with E-state index < -0.39 is 24.5 Å². The fourth-order valence-electron chi connectivity index (χ4n) is 1.68. The molecular weight excluding hydrogens is 234 g/mol. The summed E-state index contributed by atoms with van der Waals surface area (Å²) < 4.78 is 33.0. The maximum Gasteiger partial charge on any atom is 0.387 e. The zero-order valence-corrected chi connectivity index (χ0v) is 8.56. The van der Waals surface area contributed by atoms with Gasteiger partial charge < -0.3 is 9.47 Å². The van der Waals surface area contributed by atoms with E-state index in [1.54, 1.807) is 6.07 Å². The second kappa shape index (κ2) is 4.48. The molecule has 17 heavy (non-hydrogen) atoms. The van der Waals surface area contributed by atoms with Crippen molar-refractivity contribution < 1.29 is 27.8 Å². The summed E-state index contributed by atoms with van der Waals surface area (Å²) in [5.41, 5.74) is 0.239. The molecule has 1 aromatic carbocycles. The second-order valence-corrected chi connectivity index (χ2v) is 3.47. The van der Waals surface area contributed by atoms with Gasteiger partial charge in [-0.1, -0.05) is 18.2 Å². The van der Waals surface area contributed by atoms with Crippen LogP contribution in [0.1, 0.15) is 17.9 Å². The molecule has 6 heteroatoms. The van der Waals surface area contributed by atoms with Gasteiger partial charge in [-0.3, -0.25) is 9.59 Å². The van der Waals surface area contributed by atoms with Crippen molar-refractivity contribution in [1.29, 1.82) is 0 Å². The number of benzene rings is 1. The van der Waals surface area contributed by atoms with Crippen molar-refractivity contribution in [3.8, 4) is 5.75 Å². The Kier molecular flexibility index (Phi) is 3.03. The van der Waals surface area contributed by atoms with Gasteiger partial charge in [-0.15, -0.1) is 0 Å². The fraction of sp³-hybridized carbons (Fsp3) is 0.273. The predicted octanol–water partition coefficient (Wildman–Crippen LogP) is 1.85. The van der Waals surface area contributed by atoms with Crippen LogP contribution >= 0.6 is 0 Å². The van der Waals surface area contributed by atoms with E-state index in [0.717, 1.165) is 0 Å². The highest BCUT2D eigenvalue weighted by atomic mass is 19.3. The van der Waals surface area contributed by atoms with E-state index in [-0.39, 0.29) is 17.7 Å². The van der Waals surface area contributed by atoms with Gasteiger partial charge in [0.05, 0.1) is 12.3 Å². The third-order valence-electron chi connectivity index (χ3n) is 2.38. The molecule has 0 aromatic heterocycles. The van der Waals surface area contributed by atoms with Crippen LogP contribution in [0.5, 0.6) is 5.75 Å². The van der Waals surface area contributed by atoms with Crippen LogP contribution < -0.4 is 4.74 Å². The maximum absolute atomic E-state index is 12.2. The number of hydrogen-bond donors (Lipinski definition) is 0. The molecule has 1 atom stereocenters. The lowest BCUT2D eigenvalue weighted by molar-refractivity contribution is -0.152. The minimum atomic E-state index is -2.98. The standard InChI is InChI=1S/C11H8F2O4/c12-11(13)16-8-4-2-1-3-6(8)7-5-9(14)17-10(7)15/h1-4,7,11H,5H2. The topological polar surface area (TPSA) is 52.6 Å². The summed E-state index contributed by atoms with van der Waals surface area (Å²) in [7, 11) is 0. The lowest BCUT2D eigenvalue weighted by atomic mass is 9.97. The highest BCUT2D eigenvalue weighted by Gasteiger charge is 2.36. The molecule has 1 heterocycles. The average Bonchev–Trinajstić information content (AvgIpc) is 2.58. The third kappa shape index (κ3) is 2.41. The molecule has 1 aromatic rings. The summed E-state index contributed by atoms with van der Waals surface area (Å²) in [4.78, 5) is 22.3. The van der Waals surface area contributed by atoms with Gasteiger partial charge in [0.2, 0.25) is 0 Å². The average molecular weight is 242 g/mol. The second-order valence-electron chi connectivity index (χ2n) is 3.47. The van der Waals surface area contributed by atoms with Crippen molar-refractivity contribution in [3.63, 3.8) is 0 Å². The summed E-state index contributed by atoms with van der Waals surface area (Å²) >= 11 is 0. The molecule has 0 amide bonds. The molecule has 1 fully saturated rings. The summed E-state index contributed by atoms with van der Waals surface area (Å²) in [6, 6.07) is 5.85. The number of esters is 2. The van der Waals surface area contributed by atoms with E-state index in [0.29, 0.717) is 0 Å². The minimum absolute atomic E-state index is 0.112. The Hall–Kier alpha value is -1.98. The number of hydrogen-bond acceptors (Lipinski definition) is 4. The van der Waals surface area contributed by atoms with Gasteiger partial charge in [-0.25, -0.2) is 0 Å². The van der Waals surface area contributed by atoms with Gasteiger partial charge in [-0.05, 0) is 6.07 Å². The minimum Gasteiger partial charge on any atom is -0.435 e. The van der Waals surface area contributed by atoms with Crippen molar-refractivity contribution in [2.75, 3.05) is 0 Å². The first-order valence-electron chi connectivity index (χ1n) is 4.86. The van der Waals surface area contributed by atoms with Crippen molar-refractivity contribution in [3.05, 3.63) is 29.8 Å². The largest absolute Gasteiger partial charge is 0.435 e. The third-order valence-corrected chi connectivity index (χ3v) is 2.38. The Labute approximate surface area is 95.1 Å². The van der Waals surface area contributed by atoms with Crippen LogP contribution in [0.2, 0.25) is 0 Å². The van der Waals surface area contributed by atoms with Gasteiger partial charge in [0.1, 0.15) is 5.75 Å². The normalized spacial score (nSPS) is 19.6. The Morgan fingerprint density at radius 1 is 1.29 bits per heavy atom. The van der Waals surface area contributed by atoms with Gasteiger partial charge in [0.15, 0.2) is 0 Å². The van der Waals surface area contributed by atoms with Gasteiger partial charge in [-0.2, -0.15) is 8.78 Å². The molecule has 1 aliphatic rings. The number of carbonyl (C=O) groups is 2. The molecule has 0 saturated carbocycles. The Bertz CT molecular complexity index is 459. The van der Waals surface area contributed by atoms with E-state index >= 15 is 0 Å². The first-order chi connectivity index (χ1) is 8.08. The predicted molar refractivity (Wildman–Crippen MR) is 51.5 cm³/mol. The van der Waals surface area contributed by atoms with Crippen LogP contribution in [0.4, 0.5) is 8.78 Å². The first kappa shape index (κ1) is 11.5. The van der Waals surface area contributed by atoms with E-state index in [1.807, 2.05) is 0 Å². The maximum atomic E-state index is 12.2. The highest BCUT2D eigenvalue weighted by molar-refractivity contribution is 5.98. The quantitative estimate of drug-likeness (QED) is 0.599. The molecule has 0 bridgehead atoms. The molecule has 0 spiro atoms. The molecule has 1 aliphatic heterocycles. The number of carbonyl (C=O) groups excluding carboxylic acids is 2. The molecule has 1 saturated heterocycles. The molecular formula is C11H8F2O4. The number of alkyl halides is 2. The monoisotopic (exact) mass is 242 g/mol. The van der Waals surface area contributed by atoms with Gasteiger partial charge in [0, 0.05) is 5.56 Å². The van der Waals surface area contributed by atoms with E-state index in [1.165, 1.54) is 18.2 Å². The number of halogens is 2. The summed E-state index contributed by atoms with van der Waals surface area (Å²) in [6.07, 6.45) is -0.150. The van der Waals surface area contributed by atoms with Crippen LogP contribution in [0.25, 0.3) is 0 Å². The zero-order chi connectivity index (χ0) is 12.4. The van der Waals surface area contributed by atoms with Gasteiger partial charge in [0.25, 0.3) is 0 Å². The smallest absolute Gasteiger partial charge is 0.387 e. The van der Waals surface area contributed by atoms with Gasteiger partial charge >= 0.3 is 18.6 Å². The Morgan fingerprint density at radius 2 is 2.00 bits per heavy atom. The molecule has 0 aliphatic carbocycles. The zero-order valence-electron chi connectivity index (χ0n) is 8.56. The number of ether oxygens (including phenoxy) is 2. The Balaban J connectivity index is 2.31. The molecule has 0 N–H and O–H groups in total. The molecule has 2 rings (SSSR count).